The second kappa shape index (κ2) is 7.28. The number of nitrogens with zero attached hydrogens (tertiary/aromatic N) is 1. The van der Waals surface area contributed by atoms with Gasteiger partial charge in [-0.2, -0.15) is 4.98 Å². The second-order valence-corrected chi connectivity index (χ2v) is 4.43. The van der Waals surface area contributed by atoms with Gasteiger partial charge in [0.15, 0.2) is 11.5 Å². The predicted molar refractivity (Wildman–Crippen MR) is 75.0 cm³/mol. The van der Waals surface area contributed by atoms with Crippen LogP contribution in [0.2, 0.25) is 0 Å². The molecule has 0 aromatic carbocycles. The number of furan rings is 1. The molecule has 0 aliphatic rings. The zero-order valence-corrected chi connectivity index (χ0v) is 11.7. The van der Waals surface area contributed by atoms with E-state index in [-0.39, 0.29) is 23.4 Å². The number of unbranched alkanes of at least 4 members (excludes halogenated alkanes) is 2. The van der Waals surface area contributed by atoms with Gasteiger partial charge in [0, 0.05) is 6.54 Å². The normalized spacial score (nSPS) is 10.3. The van der Waals surface area contributed by atoms with E-state index in [0.717, 1.165) is 19.3 Å². The van der Waals surface area contributed by atoms with Crippen molar-refractivity contribution in [1.82, 2.24) is 10.3 Å². The predicted octanol–water partition coefficient (Wildman–Crippen LogP) is 2.44. The molecule has 0 saturated heterocycles. The summed E-state index contributed by atoms with van der Waals surface area (Å²) in [4.78, 5) is 27.4. The third-order valence-electron chi connectivity index (χ3n) is 2.77. The van der Waals surface area contributed by atoms with Crippen molar-refractivity contribution in [2.75, 3.05) is 11.9 Å². The van der Waals surface area contributed by atoms with Gasteiger partial charge in [0.25, 0.3) is 11.8 Å². The summed E-state index contributed by atoms with van der Waals surface area (Å²) < 4.78 is 9.97. The van der Waals surface area contributed by atoms with E-state index in [2.05, 4.69) is 22.5 Å². The van der Waals surface area contributed by atoms with Crippen molar-refractivity contribution >= 4 is 17.8 Å². The lowest BCUT2D eigenvalue weighted by Crippen LogP contribution is -2.24. The van der Waals surface area contributed by atoms with Crippen LogP contribution in [0.4, 0.5) is 6.01 Å². The zero-order valence-electron chi connectivity index (χ0n) is 11.7. The maximum Gasteiger partial charge on any atom is 0.302 e. The van der Waals surface area contributed by atoms with Crippen molar-refractivity contribution in [3.63, 3.8) is 0 Å². The molecule has 0 spiro atoms. The topological polar surface area (TPSA) is 97.4 Å². The molecule has 21 heavy (non-hydrogen) atoms. The number of amides is 2. The SMILES string of the molecule is CCCCCNC(=O)c1coc(NC(=O)c2ccco2)n1. The molecule has 0 bridgehead atoms. The van der Waals surface area contributed by atoms with Gasteiger partial charge in [-0.1, -0.05) is 19.8 Å². The molecule has 112 valence electrons. The Bertz CT molecular complexity index is 589. The average Bonchev–Trinajstić information content (AvgIpc) is 3.14. The van der Waals surface area contributed by atoms with Gasteiger partial charge in [-0.25, -0.2) is 0 Å². The van der Waals surface area contributed by atoms with Crippen LogP contribution in [-0.2, 0) is 0 Å². The van der Waals surface area contributed by atoms with E-state index in [9.17, 15) is 9.59 Å². The van der Waals surface area contributed by atoms with Crippen molar-refractivity contribution < 1.29 is 18.4 Å². The lowest BCUT2D eigenvalue weighted by Gasteiger charge is -2.01. The van der Waals surface area contributed by atoms with E-state index in [1.54, 1.807) is 6.07 Å². The summed E-state index contributed by atoms with van der Waals surface area (Å²) in [6.45, 7) is 2.68. The van der Waals surface area contributed by atoms with Crippen LogP contribution in [0.3, 0.4) is 0 Å². The van der Waals surface area contributed by atoms with Gasteiger partial charge in [0.2, 0.25) is 0 Å². The summed E-state index contributed by atoms with van der Waals surface area (Å²) in [5, 5.41) is 5.14. The largest absolute Gasteiger partial charge is 0.459 e. The van der Waals surface area contributed by atoms with Gasteiger partial charge in [-0.15, -0.1) is 0 Å². The van der Waals surface area contributed by atoms with Crippen LogP contribution in [0, 0.1) is 0 Å². The fraction of sp³-hybridized carbons (Fsp3) is 0.357. The summed E-state index contributed by atoms with van der Waals surface area (Å²) in [6.07, 6.45) is 5.65. The first-order valence-corrected chi connectivity index (χ1v) is 6.79. The van der Waals surface area contributed by atoms with Crippen LogP contribution in [0.5, 0.6) is 0 Å². The number of hydrogen-bond acceptors (Lipinski definition) is 5. The van der Waals surface area contributed by atoms with Gasteiger partial charge in [0.05, 0.1) is 6.26 Å². The van der Waals surface area contributed by atoms with E-state index in [1.807, 2.05) is 0 Å². The van der Waals surface area contributed by atoms with Crippen molar-refractivity contribution in [2.45, 2.75) is 26.2 Å². The monoisotopic (exact) mass is 291 g/mol. The van der Waals surface area contributed by atoms with Gasteiger partial charge < -0.3 is 14.2 Å². The smallest absolute Gasteiger partial charge is 0.302 e. The summed E-state index contributed by atoms with van der Waals surface area (Å²) >= 11 is 0. The minimum absolute atomic E-state index is 0.0462. The van der Waals surface area contributed by atoms with E-state index >= 15 is 0 Å². The number of carbonyl (C=O) groups is 2. The van der Waals surface area contributed by atoms with Crippen LogP contribution in [0.25, 0.3) is 0 Å². The van der Waals surface area contributed by atoms with Gasteiger partial charge in [-0.3, -0.25) is 14.9 Å². The number of carbonyl (C=O) groups excluding carboxylic acids is 2. The molecule has 2 rings (SSSR count). The minimum Gasteiger partial charge on any atom is -0.459 e. The van der Waals surface area contributed by atoms with E-state index in [4.69, 9.17) is 8.83 Å². The van der Waals surface area contributed by atoms with Crippen molar-refractivity contribution in [1.29, 1.82) is 0 Å². The molecule has 0 atom stereocenters. The molecule has 2 amide bonds. The minimum atomic E-state index is -0.489. The highest BCUT2D eigenvalue weighted by Gasteiger charge is 2.15. The first-order valence-electron chi connectivity index (χ1n) is 6.79. The Morgan fingerprint density at radius 2 is 2.10 bits per heavy atom. The summed E-state index contributed by atoms with van der Waals surface area (Å²) in [7, 11) is 0. The Morgan fingerprint density at radius 3 is 2.81 bits per heavy atom. The lowest BCUT2D eigenvalue weighted by atomic mass is 10.2. The van der Waals surface area contributed by atoms with Crippen LogP contribution in [0.15, 0.2) is 33.5 Å². The molecule has 7 nitrogen and oxygen atoms in total. The molecule has 2 heterocycles. The molecule has 0 aliphatic heterocycles. The highest BCUT2D eigenvalue weighted by molar-refractivity contribution is 6.01. The number of oxazole rings is 1. The Balaban J connectivity index is 1.86. The summed E-state index contributed by atoms with van der Waals surface area (Å²) in [6, 6.07) is 3.06. The molecule has 0 aliphatic carbocycles. The van der Waals surface area contributed by atoms with Crippen LogP contribution >= 0.6 is 0 Å². The van der Waals surface area contributed by atoms with Gasteiger partial charge in [-0.05, 0) is 18.6 Å². The number of rotatable bonds is 7. The fourth-order valence-electron chi connectivity index (χ4n) is 1.67. The standard InChI is InChI=1S/C14H17N3O4/c1-2-3-4-7-15-12(18)10-9-21-14(16-10)17-13(19)11-6-5-8-20-11/h5-6,8-9H,2-4,7H2,1H3,(H,15,18)(H,16,17,19). The van der Waals surface area contributed by atoms with Crippen LogP contribution in [0.1, 0.15) is 47.2 Å². The molecule has 0 saturated carbocycles. The highest BCUT2D eigenvalue weighted by atomic mass is 16.4. The number of aromatic nitrogens is 1. The lowest BCUT2D eigenvalue weighted by molar-refractivity contribution is 0.0946. The Hall–Kier alpha value is -2.57. The van der Waals surface area contributed by atoms with Crippen LogP contribution < -0.4 is 10.6 Å². The summed E-state index contributed by atoms with van der Waals surface area (Å²) in [5.74, 6) is -0.677. The van der Waals surface area contributed by atoms with E-state index in [0.29, 0.717) is 6.54 Å². The third-order valence-corrected chi connectivity index (χ3v) is 2.77. The van der Waals surface area contributed by atoms with Crippen molar-refractivity contribution in [3.05, 3.63) is 36.1 Å². The second-order valence-electron chi connectivity index (χ2n) is 4.43. The molecule has 2 aromatic heterocycles. The van der Waals surface area contributed by atoms with Gasteiger partial charge >= 0.3 is 6.01 Å². The van der Waals surface area contributed by atoms with Crippen molar-refractivity contribution in [2.24, 2.45) is 0 Å². The number of anilines is 1. The Morgan fingerprint density at radius 1 is 1.24 bits per heavy atom. The first-order chi connectivity index (χ1) is 10.2. The quantitative estimate of drug-likeness (QED) is 0.763. The maximum absolute atomic E-state index is 11.8. The van der Waals surface area contributed by atoms with E-state index < -0.39 is 5.91 Å². The third kappa shape index (κ3) is 4.20. The molecule has 7 heteroatoms. The highest BCUT2D eigenvalue weighted by Crippen LogP contribution is 2.10. The molecule has 2 N–H and O–H groups in total. The van der Waals surface area contributed by atoms with Crippen molar-refractivity contribution in [3.8, 4) is 0 Å². The maximum atomic E-state index is 11.8. The van der Waals surface area contributed by atoms with Gasteiger partial charge in [0.1, 0.15) is 6.26 Å². The molecule has 2 aromatic rings. The Labute approximate surface area is 121 Å². The van der Waals surface area contributed by atoms with Crippen LogP contribution in [-0.4, -0.2) is 23.3 Å². The fourth-order valence-corrected chi connectivity index (χ4v) is 1.67. The molecule has 0 fully saturated rings. The first kappa shape index (κ1) is 14.8. The molecular weight excluding hydrogens is 274 g/mol. The Kier molecular flexibility index (Phi) is 5.14. The molecule has 0 unspecified atom stereocenters. The number of nitrogens with one attached hydrogen (secondary N) is 2. The number of hydrogen-bond donors (Lipinski definition) is 2. The van der Waals surface area contributed by atoms with E-state index in [1.165, 1.54) is 18.6 Å². The summed E-state index contributed by atoms with van der Waals surface area (Å²) in [5.41, 5.74) is 0.126. The molecular formula is C14H17N3O4. The zero-order chi connectivity index (χ0) is 15.1. The molecule has 0 radical (unpaired) electrons. The average molecular weight is 291 g/mol.